The standard InChI is InChI=1S/C12H24N2/c1-9(2)14(8-10-6-7-10)12-5-3-4-11(12)13/h9-12H,3-8,13H2,1-2H3. The van der Waals surface area contributed by atoms with Crippen LogP contribution < -0.4 is 5.73 Å². The average molecular weight is 196 g/mol. The summed E-state index contributed by atoms with van der Waals surface area (Å²) in [5.41, 5.74) is 6.17. The molecule has 0 saturated heterocycles. The molecule has 2 atom stereocenters. The Morgan fingerprint density at radius 3 is 2.36 bits per heavy atom. The van der Waals surface area contributed by atoms with Crippen LogP contribution in [-0.4, -0.2) is 29.6 Å². The molecule has 2 fully saturated rings. The van der Waals surface area contributed by atoms with Crippen LogP contribution in [0.15, 0.2) is 0 Å². The quantitative estimate of drug-likeness (QED) is 0.745. The van der Waals surface area contributed by atoms with Crippen LogP contribution in [0, 0.1) is 5.92 Å². The summed E-state index contributed by atoms with van der Waals surface area (Å²) in [6.07, 6.45) is 6.79. The van der Waals surface area contributed by atoms with E-state index >= 15 is 0 Å². The predicted octanol–water partition coefficient (Wildman–Crippen LogP) is 1.99. The summed E-state index contributed by atoms with van der Waals surface area (Å²) in [5.74, 6) is 0.991. The average Bonchev–Trinajstić information content (AvgIpc) is 2.85. The molecular weight excluding hydrogens is 172 g/mol. The van der Waals surface area contributed by atoms with Gasteiger partial charge in [-0.25, -0.2) is 0 Å². The van der Waals surface area contributed by atoms with Crippen molar-refractivity contribution in [1.82, 2.24) is 4.90 Å². The normalized spacial score (nSPS) is 33.2. The molecule has 0 aromatic rings. The maximum Gasteiger partial charge on any atom is 0.0250 e. The van der Waals surface area contributed by atoms with Crippen molar-refractivity contribution in [2.24, 2.45) is 11.7 Å². The van der Waals surface area contributed by atoms with E-state index in [1.807, 2.05) is 0 Å². The number of hydrogen-bond donors (Lipinski definition) is 1. The summed E-state index contributed by atoms with van der Waals surface area (Å²) in [6.45, 7) is 5.93. The number of hydrogen-bond acceptors (Lipinski definition) is 2. The zero-order chi connectivity index (χ0) is 10.1. The van der Waals surface area contributed by atoms with Crippen molar-refractivity contribution >= 4 is 0 Å². The molecule has 0 amide bonds. The lowest BCUT2D eigenvalue weighted by molar-refractivity contribution is 0.137. The molecule has 2 aliphatic carbocycles. The third kappa shape index (κ3) is 2.29. The van der Waals surface area contributed by atoms with Crippen molar-refractivity contribution < 1.29 is 0 Å². The maximum absolute atomic E-state index is 6.17. The fourth-order valence-electron chi connectivity index (χ4n) is 2.71. The van der Waals surface area contributed by atoms with Crippen molar-refractivity contribution in [1.29, 1.82) is 0 Å². The van der Waals surface area contributed by atoms with Crippen LogP contribution in [0.3, 0.4) is 0 Å². The Morgan fingerprint density at radius 1 is 1.21 bits per heavy atom. The number of nitrogens with zero attached hydrogens (tertiary/aromatic N) is 1. The molecule has 2 unspecified atom stereocenters. The predicted molar refractivity (Wildman–Crippen MR) is 60.2 cm³/mol. The largest absolute Gasteiger partial charge is 0.326 e. The minimum Gasteiger partial charge on any atom is -0.326 e. The van der Waals surface area contributed by atoms with E-state index in [2.05, 4.69) is 18.7 Å². The van der Waals surface area contributed by atoms with Gasteiger partial charge in [-0.05, 0) is 45.4 Å². The van der Waals surface area contributed by atoms with E-state index in [1.54, 1.807) is 0 Å². The second-order valence-corrected chi connectivity index (χ2v) is 5.40. The number of nitrogens with two attached hydrogens (primary N) is 1. The van der Waals surface area contributed by atoms with Gasteiger partial charge in [0.25, 0.3) is 0 Å². The molecule has 0 aromatic heterocycles. The van der Waals surface area contributed by atoms with E-state index in [0.29, 0.717) is 18.1 Å². The molecule has 2 aliphatic rings. The van der Waals surface area contributed by atoms with Gasteiger partial charge in [0.15, 0.2) is 0 Å². The summed E-state index contributed by atoms with van der Waals surface area (Å²) >= 11 is 0. The Hall–Kier alpha value is -0.0800. The Bertz CT molecular complexity index is 187. The monoisotopic (exact) mass is 196 g/mol. The fraction of sp³-hybridized carbons (Fsp3) is 1.00. The molecule has 0 radical (unpaired) electrons. The minimum atomic E-state index is 0.441. The van der Waals surface area contributed by atoms with Crippen LogP contribution >= 0.6 is 0 Å². The SMILES string of the molecule is CC(C)N(CC1CC1)C1CCCC1N. The van der Waals surface area contributed by atoms with Crippen molar-refractivity contribution in [3.8, 4) is 0 Å². The first-order valence-electron chi connectivity index (χ1n) is 6.20. The van der Waals surface area contributed by atoms with Crippen molar-refractivity contribution in [2.75, 3.05) is 6.54 Å². The van der Waals surface area contributed by atoms with Crippen LogP contribution in [-0.2, 0) is 0 Å². The lowest BCUT2D eigenvalue weighted by atomic mass is 10.1. The van der Waals surface area contributed by atoms with Crippen LogP contribution in [0.4, 0.5) is 0 Å². The summed E-state index contributed by atoms with van der Waals surface area (Å²) < 4.78 is 0. The molecule has 0 aromatic carbocycles. The van der Waals surface area contributed by atoms with Gasteiger partial charge in [-0.1, -0.05) is 6.42 Å². The Morgan fingerprint density at radius 2 is 1.93 bits per heavy atom. The molecule has 2 saturated carbocycles. The highest BCUT2D eigenvalue weighted by atomic mass is 15.2. The molecule has 2 nitrogen and oxygen atoms in total. The van der Waals surface area contributed by atoms with Gasteiger partial charge < -0.3 is 5.73 Å². The second kappa shape index (κ2) is 4.19. The second-order valence-electron chi connectivity index (χ2n) is 5.40. The van der Waals surface area contributed by atoms with E-state index < -0.39 is 0 Å². The highest BCUT2D eigenvalue weighted by Gasteiger charge is 2.34. The van der Waals surface area contributed by atoms with E-state index in [9.17, 15) is 0 Å². The van der Waals surface area contributed by atoms with Crippen molar-refractivity contribution in [2.45, 2.75) is 64.1 Å². The van der Waals surface area contributed by atoms with Gasteiger partial charge in [0.1, 0.15) is 0 Å². The smallest absolute Gasteiger partial charge is 0.0250 e. The lowest BCUT2D eigenvalue weighted by Crippen LogP contribution is -2.48. The molecule has 2 heteroatoms. The van der Waals surface area contributed by atoms with Crippen molar-refractivity contribution in [3.05, 3.63) is 0 Å². The Balaban J connectivity index is 1.93. The van der Waals surface area contributed by atoms with E-state index in [-0.39, 0.29) is 0 Å². The maximum atomic E-state index is 6.17. The van der Waals surface area contributed by atoms with Gasteiger partial charge >= 0.3 is 0 Å². The molecule has 0 spiro atoms. The highest BCUT2D eigenvalue weighted by molar-refractivity contribution is 4.91. The van der Waals surface area contributed by atoms with Crippen LogP contribution in [0.2, 0.25) is 0 Å². The van der Waals surface area contributed by atoms with E-state index in [0.717, 1.165) is 5.92 Å². The van der Waals surface area contributed by atoms with Gasteiger partial charge in [-0.2, -0.15) is 0 Å². The van der Waals surface area contributed by atoms with Gasteiger partial charge in [0.05, 0.1) is 0 Å². The molecule has 14 heavy (non-hydrogen) atoms. The zero-order valence-electron chi connectivity index (χ0n) is 9.58. The van der Waals surface area contributed by atoms with Gasteiger partial charge in [0, 0.05) is 24.7 Å². The van der Waals surface area contributed by atoms with Gasteiger partial charge in [-0.15, -0.1) is 0 Å². The van der Waals surface area contributed by atoms with Crippen LogP contribution in [0.5, 0.6) is 0 Å². The molecule has 82 valence electrons. The Labute approximate surface area is 87.8 Å². The molecular formula is C12H24N2. The zero-order valence-corrected chi connectivity index (χ0v) is 9.58. The third-order valence-electron chi connectivity index (χ3n) is 3.79. The number of rotatable bonds is 4. The Kier molecular flexibility index (Phi) is 3.13. The first kappa shape index (κ1) is 10.4. The summed E-state index contributed by atoms with van der Waals surface area (Å²) in [4.78, 5) is 2.66. The van der Waals surface area contributed by atoms with Gasteiger partial charge in [-0.3, -0.25) is 4.90 Å². The molecule has 0 aliphatic heterocycles. The van der Waals surface area contributed by atoms with E-state index in [4.69, 9.17) is 5.73 Å². The minimum absolute atomic E-state index is 0.441. The topological polar surface area (TPSA) is 29.3 Å². The first-order valence-corrected chi connectivity index (χ1v) is 6.20. The summed E-state index contributed by atoms with van der Waals surface area (Å²) in [5, 5.41) is 0. The van der Waals surface area contributed by atoms with E-state index in [1.165, 1.54) is 38.6 Å². The molecule has 2 N–H and O–H groups in total. The third-order valence-corrected chi connectivity index (χ3v) is 3.79. The molecule has 0 bridgehead atoms. The lowest BCUT2D eigenvalue weighted by Gasteiger charge is -2.35. The highest BCUT2D eigenvalue weighted by Crippen LogP contribution is 2.33. The van der Waals surface area contributed by atoms with Gasteiger partial charge in [0.2, 0.25) is 0 Å². The fourth-order valence-corrected chi connectivity index (χ4v) is 2.71. The van der Waals surface area contributed by atoms with Crippen molar-refractivity contribution in [3.63, 3.8) is 0 Å². The first-order chi connectivity index (χ1) is 6.68. The molecule has 2 rings (SSSR count). The van der Waals surface area contributed by atoms with Crippen LogP contribution in [0.1, 0.15) is 46.0 Å². The molecule has 0 heterocycles. The van der Waals surface area contributed by atoms with Crippen LogP contribution in [0.25, 0.3) is 0 Å². The summed E-state index contributed by atoms with van der Waals surface area (Å²) in [6, 6.07) is 1.79. The summed E-state index contributed by atoms with van der Waals surface area (Å²) in [7, 11) is 0.